The number of hydrogen-bond donors (Lipinski definition) is 2. The van der Waals surface area contributed by atoms with Crippen LogP contribution in [0.5, 0.6) is 0 Å². The Labute approximate surface area is 182 Å². The molecule has 0 aromatic heterocycles. The molecule has 31 heavy (non-hydrogen) atoms. The van der Waals surface area contributed by atoms with Crippen molar-refractivity contribution in [3.05, 3.63) is 65.7 Å². The van der Waals surface area contributed by atoms with Crippen LogP contribution in [0.1, 0.15) is 41.2 Å². The molecule has 166 valence electrons. The molecule has 9 heteroatoms. The number of methoxy groups -OCH3 is 1. The van der Waals surface area contributed by atoms with Crippen molar-refractivity contribution >= 4 is 21.9 Å². The Hall–Kier alpha value is -2.75. The summed E-state index contributed by atoms with van der Waals surface area (Å²) in [4.78, 5) is 24.6. The molecule has 1 saturated heterocycles. The van der Waals surface area contributed by atoms with Crippen molar-refractivity contribution in [1.29, 1.82) is 0 Å². The van der Waals surface area contributed by atoms with Gasteiger partial charge in [0, 0.05) is 18.7 Å². The van der Waals surface area contributed by atoms with Gasteiger partial charge in [0.15, 0.2) is 0 Å². The summed E-state index contributed by atoms with van der Waals surface area (Å²) in [5.74, 6) is -0.960. The maximum atomic E-state index is 12.8. The van der Waals surface area contributed by atoms with Crippen molar-refractivity contribution in [3.8, 4) is 0 Å². The van der Waals surface area contributed by atoms with Crippen molar-refractivity contribution in [2.45, 2.75) is 36.3 Å². The number of nitrogens with one attached hydrogen (secondary N) is 2. The van der Waals surface area contributed by atoms with E-state index in [0.29, 0.717) is 6.61 Å². The van der Waals surface area contributed by atoms with Crippen LogP contribution in [0, 0.1) is 0 Å². The Morgan fingerprint density at radius 1 is 1.16 bits per heavy atom. The van der Waals surface area contributed by atoms with E-state index in [1.54, 1.807) is 24.3 Å². The highest BCUT2D eigenvalue weighted by Crippen LogP contribution is 2.19. The van der Waals surface area contributed by atoms with Gasteiger partial charge in [-0.15, -0.1) is 0 Å². The summed E-state index contributed by atoms with van der Waals surface area (Å²) < 4.78 is 38.0. The standard InChI is InChI=1S/C22H26N2O6S/c1-29-21(25)14-20(16-7-3-2-4-8-16)24-22(26)17-9-5-11-19(13-17)31(27,28)23-15-18-10-6-12-30-18/h2-5,7-9,11,13,18,20,23H,6,10,12,14-15H2,1H3,(H,24,26). The Balaban J connectivity index is 1.73. The number of carbonyl (C=O) groups excluding carboxylic acids is 2. The zero-order chi connectivity index (χ0) is 22.3. The topological polar surface area (TPSA) is 111 Å². The second kappa shape index (κ2) is 10.5. The summed E-state index contributed by atoms with van der Waals surface area (Å²) in [5.41, 5.74) is 0.911. The molecule has 2 atom stereocenters. The molecule has 2 N–H and O–H groups in total. The smallest absolute Gasteiger partial charge is 0.307 e. The van der Waals surface area contributed by atoms with Gasteiger partial charge in [0.05, 0.1) is 30.6 Å². The molecule has 3 rings (SSSR count). The lowest BCUT2D eigenvalue weighted by Gasteiger charge is -2.18. The highest BCUT2D eigenvalue weighted by atomic mass is 32.2. The van der Waals surface area contributed by atoms with Crippen LogP contribution >= 0.6 is 0 Å². The molecule has 1 amide bonds. The predicted octanol–water partition coefficient (Wildman–Crippen LogP) is 2.18. The molecule has 8 nitrogen and oxygen atoms in total. The van der Waals surface area contributed by atoms with Gasteiger partial charge in [-0.1, -0.05) is 36.4 Å². The minimum atomic E-state index is -3.79. The zero-order valence-electron chi connectivity index (χ0n) is 17.2. The van der Waals surface area contributed by atoms with Crippen LogP contribution in [-0.4, -0.2) is 46.7 Å². The van der Waals surface area contributed by atoms with Crippen molar-refractivity contribution in [2.24, 2.45) is 0 Å². The average molecular weight is 447 g/mol. The molecular weight excluding hydrogens is 420 g/mol. The van der Waals surface area contributed by atoms with E-state index < -0.39 is 27.9 Å². The Kier molecular flexibility index (Phi) is 7.78. The van der Waals surface area contributed by atoms with Crippen LogP contribution in [0.4, 0.5) is 0 Å². The van der Waals surface area contributed by atoms with Crippen molar-refractivity contribution in [3.63, 3.8) is 0 Å². The van der Waals surface area contributed by atoms with Crippen LogP contribution in [0.25, 0.3) is 0 Å². The van der Waals surface area contributed by atoms with Gasteiger partial charge in [-0.2, -0.15) is 0 Å². The maximum Gasteiger partial charge on any atom is 0.307 e. The van der Waals surface area contributed by atoms with Gasteiger partial charge in [0.1, 0.15) is 0 Å². The number of ether oxygens (including phenoxy) is 2. The minimum Gasteiger partial charge on any atom is -0.469 e. The normalized spacial score (nSPS) is 17.1. The van der Waals surface area contributed by atoms with Gasteiger partial charge in [0.25, 0.3) is 5.91 Å². The third-order valence-electron chi connectivity index (χ3n) is 5.04. The quantitative estimate of drug-likeness (QED) is 0.571. The molecule has 2 aromatic rings. The maximum absolute atomic E-state index is 12.8. The molecule has 0 aliphatic carbocycles. The Morgan fingerprint density at radius 3 is 2.61 bits per heavy atom. The number of benzene rings is 2. The summed E-state index contributed by atoms with van der Waals surface area (Å²) >= 11 is 0. The number of sulfonamides is 1. The number of hydrogen-bond acceptors (Lipinski definition) is 6. The molecule has 0 bridgehead atoms. The predicted molar refractivity (Wildman–Crippen MR) is 114 cm³/mol. The molecular formula is C22H26N2O6S. The van der Waals surface area contributed by atoms with E-state index in [1.165, 1.54) is 31.4 Å². The molecule has 1 heterocycles. The Bertz CT molecular complexity index is 1000. The molecule has 0 radical (unpaired) electrons. The van der Waals surface area contributed by atoms with Crippen molar-refractivity contribution in [2.75, 3.05) is 20.3 Å². The van der Waals surface area contributed by atoms with Gasteiger partial charge >= 0.3 is 5.97 Å². The Morgan fingerprint density at radius 2 is 1.94 bits per heavy atom. The fraction of sp³-hybridized carbons (Fsp3) is 0.364. The highest BCUT2D eigenvalue weighted by molar-refractivity contribution is 7.89. The molecule has 0 saturated carbocycles. The van der Waals surface area contributed by atoms with E-state index in [9.17, 15) is 18.0 Å². The lowest BCUT2D eigenvalue weighted by atomic mass is 10.0. The number of amides is 1. The first-order chi connectivity index (χ1) is 14.9. The van der Waals surface area contributed by atoms with E-state index >= 15 is 0 Å². The van der Waals surface area contributed by atoms with Crippen LogP contribution in [0.3, 0.4) is 0 Å². The van der Waals surface area contributed by atoms with E-state index in [-0.39, 0.29) is 29.5 Å². The van der Waals surface area contributed by atoms with Gasteiger partial charge in [-0.05, 0) is 36.6 Å². The summed E-state index contributed by atoms with van der Waals surface area (Å²) in [6.45, 7) is 0.824. The number of carbonyl (C=O) groups is 2. The first-order valence-corrected chi connectivity index (χ1v) is 11.5. The van der Waals surface area contributed by atoms with Crippen LogP contribution in [-0.2, 0) is 24.3 Å². The van der Waals surface area contributed by atoms with Gasteiger partial charge in [-0.3, -0.25) is 9.59 Å². The lowest BCUT2D eigenvalue weighted by Crippen LogP contribution is -2.32. The molecule has 0 spiro atoms. The SMILES string of the molecule is COC(=O)CC(NC(=O)c1cccc(S(=O)(=O)NCC2CCCO2)c1)c1ccccc1. The van der Waals surface area contributed by atoms with Gasteiger partial charge < -0.3 is 14.8 Å². The highest BCUT2D eigenvalue weighted by Gasteiger charge is 2.23. The zero-order valence-corrected chi connectivity index (χ0v) is 18.1. The van der Waals surface area contributed by atoms with E-state index in [4.69, 9.17) is 9.47 Å². The molecule has 2 aromatic carbocycles. The first kappa shape index (κ1) is 22.9. The number of esters is 1. The van der Waals surface area contributed by atoms with Crippen LogP contribution < -0.4 is 10.0 Å². The second-order valence-electron chi connectivity index (χ2n) is 7.23. The summed E-state index contributed by atoms with van der Waals surface area (Å²) in [5, 5.41) is 2.80. The summed E-state index contributed by atoms with van der Waals surface area (Å²) in [6.07, 6.45) is 1.54. The largest absolute Gasteiger partial charge is 0.469 e. The number of rotatable bonds is 9. The monoisotopic (exact) mass is 446 g/mol. The van der Waals surface area contributed by atoms with E-state index in [2.05, 4.69) is 10.0 Å². The third-order valence-corrected chi connectivity index (χ3v) is 6.46. The first-order valence-electron chi connectivity index (χ1n) is 10.0. The molecule has 1 aliphatic heterocycles. The molecule has 1 fully saturated rings. The third kappa shape index (κ3) is 6.36. The van der Waals surface area contributed by atoms with E-state index in [1.807, 2.05) is 6.07 Å². The molecule has 2 unspecified atom stereocenters. The summed E-state index contributed by atoms with van der Waals surface area (Å²) in [7, 11) is -2.51. The average Bonchev–Trinajstić information content (AvgIpc) is 3.31. The summed E-state index contributed by atoms with van der Waals surface area (Å²) in [6, 6.07) is 14.2. The van der Waals surface area contributed by atoms with Crippen molar-refractivity contribution in [1.82, 2.24) is 10.0 Å². The van der Waals surface area contributed by atoms with Crippen LogP contribution in [0.15, 0.2) is 59.5 Å². The van der Waals surface area contributed by atoms with Crippen LogP contribution in [0.2, 0.25) is 0 Å². The van der Waals surface area contributed by atoms with Gasteiger partial charge in [-0.25, -0.2) is 13.1 Å². The van der Waals surface area contributed by atoms with Gasteiger partial charge in [0.2, 0.25) is 10.0 Å². The lowest BCUT2D eigenvalue weighted by molar-refractivity contribution is -0.141. The fourth-order valence-corrected chi connectivity index (χ4v) is 4.44. The minimum absolute atomic E-state index is 0.0117. The second-order valence-corrected chi connectivity index (χ2v) is 9.00. The van der Waals surface area contributed by atoms with Crippen molar-refractivity contribution < 1.29 is 27.5 Å². The van der Waals surface area contributed by atoms with E-state index in [0.717, 1.165) is 18.4 Å². The fourth-order valence-electron chi connectivity index (χ4n) is 3.32. The molecule has 1 aliphatic rings.